The van der Waals surface area contributed by atoms with Crippen molar-refractivity contribution in [2.75, 3.05) is 6.54 Å². The number of rotatable bonds is 4. The summed E-state index contributed by atoms with van der Waals surface area (Å²) < 4.78 is 53.1. The minimum Gasteiger partial charge on any atom is -0.330 e. The average Bonchev–Trinajstić information content (AvgIpc) is 3.20. The lowest BCUT2D eigenvalue weighted by Gasteiger charge is -2.29. The lowest BCUT2D eigenvalue weighted by atomic mass is 9.96. The molecule has 0 atom stereocenters. The standard InChI is InChI=1S/C22H19F4N3O/c23-19-5-1-15(2-6-19)7-9-29-14-27-12-20(29)17-3-4-18-13-28(10-8-16(18)11-17)21(30)22(24,25)26/h1-6,11-12,14H,7-10,13H2. The fraction of sp³-hybridized carbons (Fsp3) is 0.273. The molecule has 4 nitrogen and oxygen atoms in total. The van der Waals surface area contributed by atoms with Crippen molar-refractivity contribution in [3.05, 3.63) is 77.5 Å². The van der Waals surface area contributed by atoms with Crippen LogP contribution in [0, 0.1) is 5.82 Å². The van der Waals surface area contributed by atoms with E-state index in [1.165, 1.54) is 12.1 Å². The number of carbonyl (C=O) groups excluding carboxylic acids is 1. The van der Waals surface area contributed by atoms with Gasteiger partial charge in [-0.1, -0.05) is 24.3 Å². The lowest BCUT2D eigenvalue weighted by Crippen LogP contribution is -2.43. The van der Waals surface area contributed by atoms with Crippen LogP contribution in [0.4, 0.5) is 17.6 Å². The van der Waals surface area contributed by atoms with Gasteiger partial charge in [0.1, 0.15) is 5.82 Å². The number of nitrogens with zero attached hydrogens (tertiary/aromatic N) is 3. The summed E-state index contributed by atoms with van der Waals surface area (Å²) in [4.78, 5) is 16.6. The molecule has 2 aromatic carbocycles. The topological polar surface area (TPSA) is 38.1 Å². The molecule has 0 unspecified atom stereocenters. The Hall–Kier alpha value is -3.16. The largest absolute Gasteiger partial charge is 0.471 e. The Balaban J connectivity index is 1.50. The first kappa shape index (κ1) is 20.1. The molecule has 0 spiro atoms. The van der Waals surface area contributed by atoms with E-state index in [1.54, 1.807) is 30.7 Å². The molecule has 8 heteroatoms. The molecule has 1 aliphatic heterocycles. The summed E-state index contributed by atoms with van der Waals surface area (Å²) in [6, 6.07) is 11.9. The molecule has 0 saturated heterocycles. The summed E-state index contributed by atoms with van der Waals surface area (Å²) in [7, 11) is 0. The lowest BCUT2D eigenvalue weighted by molar-refractivity contribution is -0.186. The van der Waals surface area contributed by atoms with Crippen LogP contribution in [0.15, 0.2) is 55.0 Å². The summed E-state index contributed by atoms with van der Waals surface area (Å²) in [5, 5.41) is 0. The monoisotopic (exact) mass is 417 g/mol. The molecule has 1 aromatic heterocycles. The number of amides is 1. The second-order valence-corrected chi connectivity index (χ2v) is 7.31. The van der Waals surface area contributed by atoms with Crippen molar-refractivity contribution in [2.45, 2.75) is 32.1 Å². The first-order valence-corrected chi connectivity index (χ1v) is 9.54. The molecule has 156 valence electrons. The highest BCUT2D eigenvalue weighted by Gasteiger charge is 2.43. The van der Waals surface area contributed by atoms with Crippen molar-refractivity contribution in [1.29, 1.82) is 0 Å². The second-order valence-electron chi connectivity index (χ2n) is 7.31. The Kier molecular flexibility index (Phi) is 5.32. The molecule has 0 radical (unpaired) electrons. The predicted octanol–water partition coefficient (Wildman–Crippen LogP) is 4.38. The van der Waals surface area contributed by atoms with Gasteiger partial charge in [0.2, 0.25) is 0 Å². The van der Waals surface area contributed by atoms with Crippen LogP contribution in [0.3, 0.4) is 0 Å². The van der Waals surface area contributed by atoms with Crippen molar-refractivity contribution in [2.24, 2.45) is 0 Å². The van der Waals surface area contributed by atoms with Gasteiger partial charge in [0.25, 0.3) is 0 Å². The number of benzene rings is 2. The van der Waals surface area contributed by atoms with Crippen molar-refractivity contribution in [3.8, 4) is 11.3 Å². The van der Waals surface area contributed by atoms with Crippen molar-refractivity contribution in [3.63, 3.8) is 0 Å². The van der Waals surface area contributed by atoms with E-state index in [0.29, 0.717) is 19.4 Å². The van der Waals surface area contributed by atoms with E-state index in [0.717, 1.165) is 32.8 Å². The Labute approximate surface area is 170 Å². The van der Waals surface area contributed by atoms with E-state index in [1.807, 2.05) is 16.7 Å². The smallest absolute Gasteiger partial charge is 0.330 e. The minimum absolute atomic E-state index is 0.0403. The molecular formula is C22H19F4N3O. The van der Waals surface area contributed by atoms with Crippen LogP contribution in [0.25, 0.3) is 11.3 Å². The predicted molar refractivity (Wildman–Crippen MR) is 103 cm³/mol. The van der Waals surface area contributed by atoms with Gasteiger partial charge in [-0.25, -0.2) is 9.37 Å². The van der Waals surface area contributed by atoms with Crippen LogP contribution in [-0.2, 0) is 30.7 Å². The molecule has 1 aliphatic rings. The summed E-state index contributed by atoms with van der Waals surface area (Å²) >= 11 is 0. The molecule has 30 heavy (non-hydrogen) atoms. The fourth-order valence-electron chi connectivity index (χ4n) is 3.70. The quantitative estimate of drug-likeness (QED) is 0.591. The third-order valence-corrected chi connectivity index (χ3v) is 5.31. The Morgan fingerprint density at radius 2 is 1.83 bits per heavy atom. The number of hydrogen-bond donors (Lipinski definition) is 0. The first-order chi connectivity index (χ1) is 14.3. The zero-order valence-corrected chi connectivity index (χ0v) is 16.0. The van der Waals surface area contributed by atoms with Crippen LogP contribution in [0.5, 0.6) is 0 Å². The maximum atomic E-state index is 13.1. The van der Waals surface area contributed by atoms with E-state index < -0.39 is 12.1 Å². The average molecular weight is 417 g/mol. The van der Waals surface area contributed by atoms with Gasteiger partial charge in [-0.05, 0) is 47.7 Å². The van der Waals surface area contributed by atoms with Gasteiger partial charge in [0.05, 0.1) is 18.2 Å². The molecular weight excluding hydrogens is 398 g/mol. The summed E-state index contributed by atoms with van der Waals surface area (Å²) in [6.45, 7) is 0.655. The number of alkyl halides is 3. The molecule has 0 fully saturated rings. The summed E-state index contributed by atoms with van der Waals surface area (Å²) in [5.41, 5.74) is 4.48. The highest BCUT2D eigenvalue weighted by Crippen LogP contribution is 2.28. The number of carbonyl (C=O) groups is 1. The van der Waals surface area contributed by atoms with Gasteiger partial charge in [-0.3, -0.25) is 4.79 Å². The van der Waals surface area contributed by atoms with Crippen LogP contribution < -0.4 is 0 Å². The fourth-order valence-corrected chi connectivity index (χ4v) is 3.70. The van der Waals surface area contributed by atoms with Crippen LogP contribution >= 0.6 is 0 Å². The number of halogens is 4. The third-order valence-electron chi connectivity index (χ3n) is 5.31. The van der Waals surface area contributed by atoms with Gasteiger partial charge in [0, 0.05) is 25.2 Å². The number of hydrogen-bond acceptors (Lipinski definition) is 2. The summed E-state index contributed by atoms with van der Waals surface area (Å²) in [6.07, 6.45) is -0.303. The van der Waals surface area contributed by atoms with E-state index in [2.05, 4.69) is 4.98 Å². The van der Waals surface area contributed by atoms with Gasteiger partial charge >= 0.3 is 12.1 Å². The van der Waals surface area contributed by atoms with Crippen molar-refractivity contribution < 1.29 is 22.4 Å². The van der Waals surface area contributed by atoms with E-state index >= 15 is 0 Å². The van der Waals surface area contributed by atoms with Crippen LogP contribution in [0.1, 0.15) is 16.7 Å². The maximum absolute atomic E-state index is 13.1. The minimum atomic E-state index is -4.85. The molecule has 4 rings (SSSR count). The van der Waals surface area contributed by atoms with Gasteiger partial charge in [-0.15, -0.1) is 0 Å². The molecule has 3 aromatic rings. The molecule has 1 amide bonds. The van der Waals surface area contributed by atoms with Gasteiger partial charge < -0.3 is 9.47 Å². The zero-order valence-electron chi connectivity index (χ0n) is 16.0. The Bertz CT molecular complexity index is 1060. The van der Waals surface area contributed by atoms with Crippen molar-refractivity contribution in [1.82, 2.24) is 14.5 Å². The molecule has 0 saturated carbocycles. The Morgan fingerprint density at radius 3 is 2.57 bits per heavy atom. The number of aromatic nitrogens is 2. The van der Waals surface area contributed by atoms with E-state index in [4.69, 9.17) is 0 Å². The molecule has 0 N–H and O–H groups in total. The Morgan fingerprint density at radius 1 is 1.07 bits per heavy atom. The SMILES string of the molecule is O=C(N1CCc2cc(-c3cncn3CCc3ccc(F)cc3)ccc2C1)C(F)(F)F. The molecule has 0 aliphatic carbocycles. The zero-order chi connectivity index (χ0) is 21.3. The summed E-state index contributed by atoms with van der Waals surface area (Å²) in [5.74, 6) is -2.07. The van der Waals surface area contributed by atoms with Gasteiger partial charge in [0.15, 0.2) is 0 Å². The molecule has 2 heterocycles. The van der Waals surface area contributed by atoms with Crippen LogP contribution in [0.2, 0.25) is 0 Å². The van der Waals surface area contributed by atoms with E-state index in [9.17, 15) is 22.4 Å². The van der Waals surface area contributed by atoms with Crippen molar-refractivity contribution >= 4 is 5.91 Å². The highest BCUT2D eigenvalue weighted by atomic mass is 19.4. The first-order valence-electron chi connectivity index (χ1n) is 9.54. The number of aryl methyl sites for hydroxylation is 2. The van der Waals surface area contributed by atoms with E-state index in [-0.39, 0.29) is 18.9 Å². The highest BCUT2D eigenvalue weighted by molar-refractivity contribution is 5.82. The number of imidazole rings is 1. The van der Waals surface area contributed by atoms with Crippen LogP contribution in [-0.4, -0.2) is 33.1 Å². The molecule has 0 bridgehead atoms. The normalized spacial score (nSPS) is 13.9. The maximum Gasteiger partial charge on any atom is 0.471 e. The van der Waals surface area contributed by atoms with Gasteiger partial charge in [-0.2, -0.15) is 13.2 Å². The third kappa shape index (κ3) is 4.22. The second kappa shape index (κ2) is 7.93. The number of fused-ring (bicyclic) bond motifs is 1.